The first kappa shape index (κ1) is 17.4. The summed E-state index contributed by atoms with van der Waals surface area (Å²) in [7, 11) is 0. The van der Waals surface area contributed by atoms with Crippen molar-refractivity contribution in [2.75, 3.05) is 31.1 Å². The molecule has 0 N–H and O–H groups in total. The molecular weight excluding hydrogens is 344 g/mol. The van der Waals surface area contributed by atoms with Crippen LogP contribution in [0.15, 0.2) is 48.5 Å². The lowest BCUT2D eigenvalue weighted by molar-refractivity contribution is 0.248. The summed E-state index contributed by atoms with van der Waals surface area (Å²) in [5.41, 5.74) is 3.62. The second-order valence-corrected chi connectivity index (χ2v) is 7.69. The van der Waals surface area contributed by atoms with Gasteiger partial charge in [0.25, 0.3) is 0 Å². The molecule has 0 aliphatic carbocycles. The maximum atomic E-state index is 5.99. The van der Waals surface area contributed by atoms with E-state index in [-0.39, 0.29) is 0 Å². The summed E-state index contributed by atoms with van der Waals surface area (Å²) in [6, 6.07) is 17.0. The standard InChI is InChI=1S/C21H25ClN4/c1-16(2)26-20-6-4-3-5-19(20)23-21(26)25-13-11-24(12-14-25)15-17-7-9-18(22)10-8-17/h3-10,16H,11-15H2,1-2H3. The average Bonchev–Trinajstić information content (AvgIpc) is 3.04. The zero-order chi connectivity index (χ0) is 18.1. The van der Waals surface area contributed by atoms with Gasteiger partial charge in [-0.05, 0) is 43.7 Å². The second kappa shape index (κ2) is 7.29. The van der Waals surface area contributed by atoms with Gasteiger partial charge in [-0.3, -0.25) is 4.90 Å². The van der Waals surface area contributed by atoms with E-state index in [2.05, 4.69) is 64.6 Å². The van der Waals surface area contributed by atoms with Crippen molar-refractivity contribution >= 4 is 28.6 Å². The van der Waals surface area contributed by atoms with Crippen molar-refractivity contribution in [3.63, 3.8) is 0 Å². The highest BCUT2D eigenvalue weighted by Gasteiger charge is 2.23. The minimum Gasteiger partial charge on any atom is -0.340 e. The molecule has 136 valence electrons. The summed E-state index contributed by atoms with van der Waals surface area (Å²) in [5.74, 6) is 1.10. The predicted molar refractivity (Wildman–Crippen MR) is 109 cm³/mol. The Morgan fingerprint density at radius 3 is 2.35 bits per heavy atom. The van der Waals surface area contributed by atoms with Crippen LogP contribution in [0.4, 0.5) is 5.95 Å². The lowest BCUT2D eigenvalue weighted by Crippen LogP contribution is -2.46. The van der Waals surface area contributed by atoms with E-state index in [0.29, 0.717) is 6.04 Å². The van der Waals surface area contributed by atoms with E-state index in [0.717, 1.165) is 49.2 Å². The molecule has 5 heteroatoms. The first-order valence-corrected chi connectivity index (χ1v) is 9.68. The average molecular weight is 369 g/mol. The summed E-state index contributed by atoms with van der Waals surface area (Å²) in [5, 5.41) is 0.797. The summed E-state index contributed by atoms with van der Waals surface area (Å²) in [6.45, 7) is 9.54. The SMILES string of the molecule is CC(C)n1c(N2CCN(Cc3ccc(Cl)cc3)CC2)nc2ccccc21. The smallest absolute Gasteiger partial charge is 0.206 e. The van der Waals surface area contributed by atoms with Gasteiger partial charge < -0.3 is 9.47 Å². The van der Waals surface area contributed by atoms with Crippen LogP contribution in [0, 0.1) is 0 Å². The monoisotopic (exact) mass is 368 g/mol. The van der Waals surface area contributed by atoms with Gasteiger partial charge in [-0.2, -0.15) is 0 Å². The van der Waals surface area contributed by atoms with Gasteiger partial charge in [0.2, 0.25) is 5.95 Å². The number of hydrogen-bond acceptors (Lipinski definition) is 3. The molecule has 1 saturated heterocycles. The Hall–Kier alpha value is -2.04. The number of fused-ring (bicyclic) bond motifs is 1. The van der Waals surface area contributed by atoms with E-state index in [1.165, 1.54) is 11.1 Å². The fourth-order valence-corrected chi connectivity index (χ4v) is 3.84. The highest BCUT2D eigenvalue weighted by Crippen LogP contribution is 2.27. The Labute approximate surface area is 160 Å². The van der Waals surface area contributed by atoms with Crippen LogP contribution >= 0.6 is 11.6 Å². The zero-order valence-electron chi connectivity index (χ0n) is 15.4. The minimum absolute atomic E-state index is 0.393. The summed E-state index contributed by atoms with van der Waals surface area (Å²) < 4.78 is 2.37. The molecule has 0 saturated carbocycles. The molecule has 0 amide bonds. The Balaban J connectivity index is 1.49. The molecule has 1 aromatic heterocycles. The van der Waals surface area contributed by atoms with Crippen molar-refractivity contribution in [3.05, 3.63) is 59.1 Å². The molecule has 2 aromatic carbocycles. The number of para-hydroxylation sites is 2. The molecular formula is C21H25ClN4. The normalized spacial score (nSPS) is 15.9. The van der Waals surface area contributed by atoms with Crippen LogP contribution in [0.2, 0.25) is 5.02 Å². The molecule has 3 aromatic rings. The highest BCUT2D eigenvalue weighted by atomic mass is 35.5. The van der Waals surface area contributed by atoms with Gasteiger partial charge in [0.1, 0.15) is 0 Å². The summed E-state index contributed by atoms with van der Waals surface area (Å²) in [4.78, 5) is 9.86. The molecule has 0 unspecified atom stereocenters. The van der Waals surface area contributed by atoms with Crippen molar-refractivity contribution in [2.24, 2.45) is 0 Å². The fraction of sp³-hybridized carbons (Fsp3) is 0.381. The number of nitrogens with zero attached hydrogens (tertiary/aromatic N) is 4. The zero-order valence-corrected chi connectivity index (χ0v) is 16.2. The Morgan fingerprint density at radius 1 is 0.962 bits per heavy atom. The molecule has 1 aliphatic rings. The van der Waals surface area contributed by atoms with Crippen LogP contribution in [0.3, 0.4) is 0 Å². The van der Waals surface area contributed by atoms with Gasteiger partial charge >= 0.3 is 0 Å². The van der Waals surface area contributed by atoms with Crippen molar-refractivity contribution < 1.29 is 0 Å². The molecule has 2 heterocycles. The third-order valence-corrected chi connectivity index (χ3v) is 5.32. The lowest BCUT2D eigenvalue weighted by Gasteiger charge is -2.36. The number of piperazine rings is 1. The molecule has 0 atom stereocenters. The molecule has 1 aliphatic heterocycles. The van der Waals surface area contributed by atoms with Gasteiger partial charge in [-0.25, -0.2) is 4.98 Å². The quantitative estimate of drug-likeness (QED) is 0.673. The third-order valence-electron chi connectivity index (χ3n) is 5.07. The fourth-order valence-electron chi connectivity index (χ4n) is 3.72. The van der Waals surface area contributed by atoms with Crippen LogP contribution in [-0.2, 0) is 6.54 Å². The van der Waals surface area contributed by atoms with Gasteiger partial charge in [-0.15, -0.1) is 0 Å². The number of benzene rings is 2. The molecule has 0 radical (unpaired) electrons. The molecule has 1 fully saturated rings. The van der Waals surface area contributed by atoms with Crippen LogP contribution in [0.25, 0.3) is 11.0 Å². The number of hydrogen-bond donors (Lipinski definition) is 0. The first-order chi connectivity index (χ1) is 12.6. The predicted octanol–water partition coefficient (Wildman–Crippen LogP) is 4.59. The van der Waals surface area contributed by atoms with Crippen LogP contribution in [-0.4, -0.2) is 40.6 Å². The van der Waals surface area contributed by atoms with E-state index in [9.17, 15) is 0 Å². The van der Waals surface area contributed by atoms with Gasteiger partial charge in [0.15, 0.2) is 0 Å². The number of anilines is 1. The van der Waals surface area contributed by atoms with Crippen molar-refractivity contribution in [2.45, 2.75) is 26.4 Å². The molecule has 0 bridgehead atoms. The number of aromatic nitrogens is 2. The topological polar surface area (TPSA) is 24.3 Å². The lowest BCUT2D eigenvalue weighted by atomic mass is 10.2. The maximum absolute atomic E-state index is 5.99. The molecule has 26 heavy (non-hydrogen) atoms. The Kier molecular flexibility index (Phi) is 4.88. The largest absolute Gasteiger partial charge is 0.340 e. The highest BCUT2D eigenvalue weighted by molar-refractivity contribution is 6.30. The van der Waals surface area contributed by atoms with Gasteiger partial charge in [-0.1, -0.05) is 35.9 Å². The summed E-state index contributed by atoms with van der Waals surface area (Å²) >= 11 is 5.99. The minimum atomic E-state index is 0.393. The Bertz CT molecular complexity index is 877. The third kappa shape index (κ3) is 3.44. The summed E-state index contributed by atoms with van der Waals surface area (Å²) in [6.07, 6.45) is 0. The van der Waals surface area contributed by atoms with Crippen molar-refractivity contribution in [1.82, 2.24) is 14.5 Å². The molecule has 4 rings (SSSR count). The number of rotatable bonds is 4. The van der Waals surface area contributed by atoms with Crippen LogP contribution < -0.4 is 4.90 Å². The van der Waals surface area contributed by atoms with E-state index < -0.39 is 0 Å². The number of halogens is 1. The van der Waals surface area contributed by atoms with E-state index >= 15 is 0 Å². The maximum Gasteiger partial charge on any atom is 0.206 e. The number of imidazole rings is 1. The molecule has 0 spiro atoms. The van der Waals surface area contributed by atoms with E-state index in [4.69, 9.17) is 16.6 Å². The Morgan fingerprint density at radius 2 is 1.65 bits per heavy atom. The first-order valence-electron chi connectivity index (χ1n) is 9.30. The van der Waals surface area contributed by atoms with Gasteiger partial charge in [0.05, 0.1) is 11.0 Å². The van der Waals surface area contributed by atoms with Crippen molar-refractivity contribution in [1.29, 1.82) is 0 Å². The van der Waals surface area contributed by atoms with E-state index in [1.54, 1.807) is 0 Å². The van der Waals surface area contributed by atoms with Gasteiger partial charge in [0, 0.05) is 43.8 Å². The molecule has 4 nitrogen and oxygen atoms in total. The van der Waals surface area contributed by atoms with Crippen molar-refractivity contribution in [3.8, 4) is 0 Å². The van der Waals surface area contributed by atoms with E-state index in [1.807, 2.05) is 12.1 Å². The second-order valence-electron chi connectivity index (χ2n) is 7.25. The van der Waals surface area contributed by atoms with Crippen LogP contribution in [0.1, 0.15) is 25.5 Å². The van der Waals surface area contributed by atoms with Crippen LogP contribution in [0.5, 0.6) is 0 Å².